The molecule has 0 amide bonds. The molecule has 344 valence electrons. The molecule has 0 unspecified atom stereocenters. The van der Waals surface area contributed by atoms with E-state index < -0.39 is 0 Å². The van der Waals surface area contributed by atoms with Gasteiger partial charge in [-0.25, -0.2) is 0 Å². The molecule has 4 aliphatic rings. The normalized spacial score (nSPS) is 15.6. The lowest BCUT2D eigenvalue weighted by Gasteiger charge is -2.46. The first kappa shape index (κ1) is 43.9. The second-order valence-electron chi connectivity index (χ2n) is 21.1. The molecular weight excluding hydrogens is 846 g/mol. The number of benzene rings is 8. The molecule has 2 aliphatic heterocycles. The number of hydrogen-bond acceptors (Lipinski definition) is 3. The maximum Gasteiger partial charge on any atom is 0.252 e. The molecule has 0 saturated heterocycles. The Labute approximate surface area is 416 Å². The second-order valence-corrected chi connectivity index (χ2v) is 21.1. The van der Waals surface area contributed by atoms with Crippen molar-refractivity contribution in [3.63, 3.8) is 0 Å². The van der Waals surface area contributed by atoms with Crippen molar-refractivity contribution in [2.24, 2.45) is 0 Å². The third-order valence-corrected chi connectivity index (χ3v) is 16.3. The summed E-state index contributed by atoms with van der Waals surface area (Å²) in [4.78, 5) is 7.77. The van der Waals surface area contributed by atoms with Gasteiger partial charge >= 0.3 is 0 Å². The highest BCUT2D eigenvalue weighted by Gasteiger charge is 2.45. The van der Waals surface area contributed by atoms with Gasteiger partial charge in [-0.15, -0.1) is 0 Å². The maximum atomic E-state index is 2.74. The first-order valence-electron chi connectivity index (χ1n) is 25.8. The topological polar surface area (TPSA) is 9.72 Å². The van der Waals surface area contributed by atoms with Crippen LogP contribution in [0.2, 0.25) is 0 Å². The lowest BCUT2D eigenvalue weighted by Crippen LogP contribution is -2.62. The van der Waals surface area contributed by atoms with Crippen molar-refractivity contribution in [1.82, 2.24) is 0 Å². The van der Waals surface area contributed by atoms with Gasteiger partial charge in [-0.05, 0) is 149 Å². The van der Waals surface area contributed by atoms with Crippen LogP contribution in [0, 0.1) is 0 Å². The molecule has 8 aromatic carbocycles. The van der Waals surface area contributed by atoms with Crippen LogP contribution in [0.1, 0.15) is 101 Å². The molecule has 1 saturated carbocycles. The van der Waals surface area contributed by atoms with E-state index >= 15 is 0 Å². The van der Waals surface area contributed by atoms with Crippen molar-refractivity contribution in [1.29, 1.82) is 0 Å². The Morgan fingerprint density at radius 2 is 1.00 bits per heavy atom. The third-order valence-electron chi connectivity index (χ3n) is 16.3. The van der Waals surface area contributed by atoms with Crippen LogP contribution >= 0.6 is 0 Å². The van der Waals surface area contributed by atoms with Gasteiger partial charge < -0.3 is 14.7 Å². The Hall–Kier alpha value is -7.30. The lowest BCUT2D eigenvalue weighted by molar-refractivity contribution is 0.444. The average molecular weight is 908 g/mol. The Balaban J connectivity index is 1.14. The maximum absolute atomic E-state index is 2.74. The number of rotatable bonds is 10. The summed E-state index contributed by atoms with van der Waals surface area (Å²) in [5.41, 5.74) is 21.6. The molecule has 0 spiro atoms. The molecule has 0 aromatic heterocycles. The predicted octanol–water partition coefficient (Wildman–Crippen LogP) is 15.9. The van der Waals surface area contributed by atoms with E-state index in [9.17, 15) is 0 Å². The van der Waals surface area contributed by atoms with Gasteiger partial charge in [0.2, 0.25) is 0 Å². The molecule has 2 heterocycles. The minimum Gasteiger partial charge on any atom is -0.315 e. The lowest BCUT2D eigenvalue weighted by atomic mass is 9.33. The number of para-hydroxylation sites is 3. The van der Waals surface area contributed by atoms with E-state index in [2.05, 4.69) is 255 Å². The van der Waals surface area contributed by atoms with Crippen molar-refractivity contribution in [2.75, 3.05) is 14.7 Å². The highest BCUT2D eigenvalue weighted by molar-refractivity contribution is 7.00. The molecule has 1 fully saturated rings. The van der Waals surface area contributed by atoms with Gasteiger partial charge in [-0.1, -0.05) is 186 Å². The summed E-state index contributed by atoms with van der Waals surface area (Å²) in [7, 11) is 0. The van der Waals surface area contributed by atoms with Crippen molar-refractivity contribution < 1.29 is 0 Å². The van der Waals surface area contributed by atoms with Crippen molar-refractivity contribution in [2.45, 2.75) is 89.4 Å². The molecule has 0 bridgehead atoms. The van der Waals surface area contributed by atoms with Crippen LogP contribution in [-0.4, -0.2) is 6.71 Å². The number of nitrogens with zero attached hydrogens (tertiary/aromatic N) is 3. The van der Waals surface area contributed by atoms with Crippen molar-refractivity contribution >= 4 is 68.6 Å². The van der Waals surface area contributed by atoms with Gasteiger partial charge in [0, 0.05) is 62.0 Å². The van der Waals surface area contributed by atoms with Crippen LogP contribution in [-0.2, 0) is 10.8 Å². The molecule has 3 nitrogen and oxygen atoms in total. The minimum absolute atomic E-state index is 0.0106. The van der Waals surface area contributed by atoms with Gasteiger partial charge in [0.05, 0.1) is 0 Å². The van der Waals surface area contributed by atoms with Gasteiger partial charge in [-0.3, -0.25) is 0 Å². The van der Waals surface area contributed by atoms with Crippen LogP contribution in [0.5, 0.6) is 0 Å². The zero-order valence-corrected chi connectivity index (χ0v) is 41.2. The van der Waals surface area contributed by atoms with Crippen LogP contribution in [0.3, 0.4) is 0 Å². The van der Waals surface area contributed by atoms with Gasteiger partial charge in [0.25, 0.3) is 6.71 Å². The van der Waals surface area contributed by atoms with E-state index in [4.69, 9.17) is 0 Å². The molecule has 2 aliphatic carbocycles. The minimum atomic E-state index is -0.222. The SMILES string of the molecule is CC(C)(C1=CCCC(N2c3cc(C(C)(C)c4ccccc4)ccc3B3c4ccc(N(c5ccccc5)c5ccccc5)cc4N(c4ccccc4)c4cc(C5CCCCC5)cc2c43)=C1)c1ccccc1. The molecule has 4 heteroatoms. The summed E-state index contributed by atoms with van der Waals surface area (Å²) in [5.74, 6) is 0.505. The standard InChI is InChI=1S/C66H62BN3/c1-65(2,49-26-13-6-14-27-49)51-30-23-37-56(44-51)70-60-45-52(66(3,4)50-28-15-7-16-29-50)38-40-58(60)67-59-41-39-57(68(53-31-17-8-18-32-53)54-33-19-9-20-34-54)46-61(59)69(55-35-21-10-22-36-55)62-42-48(43-63(70)64(62)67)47-24-11-5-12-25-47/h6-10,13-22,26-36,38-47H,5,11-12,23-25,37H2,1-4H3. The Morgan fingerprint density at radius 3 is 1.61 bits per heavy atom. The summed E-state index contributed by atoms with van der Waals surface area (Å²) in [6.07, 6.45) is 13.4. The molecule has 0 atom stereocenters. The summed E-state index contributed by atoms with van der Waals surface area (Å²) in [6.45, 7) is 9.61. The van der Waals surface area contributed by atoms with Gasteiger partial charge in [-0.2, -0.15) is 0 Å². The highest BCUT2D eigenvalue weighted by Crippen LogP contribution is 2.49. The fraction of sp³-hybridized carbons (Fsp3) is 0.212. The van der Waals surface area contributed by atoms with Gasteiger partial charge in [0.15, 0.2) is 0 Å². The Kier molecular flexibility index (Phi) is 11.2. The zero-order valence-electron chi connectivity index (χ0n) is 41.2. The molecule has 8 aromatic rings. The largest absolute Gasteiger partial charge is 0.315 e. The number of fused-ring (bicyclic) bond motifs is 4. The average Bonchev–Trinajstić information content (AvgIpc) is 3.42. The predicted molar refractivity (Wildman–Crippen MR) is 298 cm³/mol. The van der Waals surface area contributed by atoms with E-state index in [-0.39, 0.29) is 17.5 Å². The van der Waals surface area contributed by atoms with E-state index in [0.29, 0.717) is 5.92 Å². The summed E-state index contributed by atoms with van der Waals surface area (Å²) >= 11 is 0. The smallest absolute Gasteiger partial charge is 0.252 e. The fourth-order valence-electron chi connectivity index (χ4n) is 12.3. The molecule has 70 heavy (non-hydrogen) atoms. The van der Waals surface area contributed by atoms with E-state index in [0.717, 1.165) is 29.9 Å². The zero-order chi connectivity index (χ0) is 47.4. The van der Waals surface area contributed by atoms with Crippen molar-refractivity contribution in [3.8, 4) is 0 Å². The number of anilines is 8. The molecular formula is C66H62BN3. The van der Waals surface area contributed by atoms with Gasteiger partial charge in [0.1, 0.15) is 0 Å². The van der Waals surface area contributed by atoms with E-state index in [1.54, 1.807) is 0 Å². The van der Waals surface area contributed by atoms with E-state index in [1.807, 2.05) is 0 Å². The highest BCUT2D eigenvalue weighted by atomic mass is 15.2. The molecule has 0 radical (unpaired) electrons. The Morgan fingerprint density at radius 1 is 0.471 bits per heavy atom. The Bertz CT molecular complexity index is 3200. The van der Waals surface area contributed by atoms with Crippen molar-refractivity contribution in [3.05, 3.63) is 246 Å². The quantitative estimate of drug-likeness (QED) is 0.127. The van der Waals surface area contributed by atoms with Crippen LogP contribution in [0.4, 0.5) is 45.5 Å². The fourth-order valence-corrected chi connectivity index (χ4v) is 12.3. The van der Waals surface area contributed by atoms with Crippen LogP contribution < -0.4 is 31.1 Å². The second kappa shape index (κ2) is 17.9. The molecule has 0 N–H and O–H groups in total. The third kappa shape index (κ3) is 7.60. The monoisotopic (exact) mass is 908 g/mol. The van der Waals surface area contributed by atoms with Crippen LogP contribution in [0.25, 0.3) is 0 Å². The first-order valence-corrected chi connectivity index (χ1v) is 25.8. The molecule has 12 rings (SSSR count). The number of hydrogen-bond donors (Lipinski definition) is 0. The summed E-state index contributed by atoms with van der Waals surface area (Å²) < 4.78 is 0. The summed E-state index contributed by atoms with van der Waals surface area (Å²) in [6, 6.07) is 75.1. The van der Waals surface area contributed by atoms with Crippen LogP contribution in [0.15, 0.2) is 224 Å². The summed E-state index contributed by atoms with van der Waals surface area (Å²) in [5, 5.41) is 0. The number of allylic oxidation sites excluding steroid dienone is 4. The van der Waals surface area contributed by atoms with E-state index in [1.165, 1.54) is 110 Å². The first-order chi connectivity index (χ1) is 34.3.